The van der Waals surface area contributed by atoms with Gasteiger partial charge in [0.05, 0.1) is 23.3 Å². The Hall–Kier alpha value is -2.68. The molecule has 6 nitrogen and oxygen atoms in total. The van der Waals surface area contributed by atoms with E-state index in [9.17, 15) is 22.0 Å². The van der Waals surface area contributed by atoms with Crippen molar-refractivity contribution in [1.82, 2.24) is 5.32 Å². The molecule has 0 atom stereocenters. The van der Waals surface area contributed by atoms with Crippen LogP contribution in [0.15, 0.2) is 41.3 Å². The number of amides is 1. The molecule has 0 unspecified atom stereocenters. The van der Waals surface area contributed by atoms with Crippen molar-refractivity contribution in [3.63, 3.8) is 0 Å². The molecule has 2 aromatic carbocycles. The number of carbonyl (C=O) groups is 1. The summed E-state index contributed by atoms with van der Waals surface area (Å²) in [6, 6.07) is 6.20. The number of hydrogen-bond donors (Lipinski definition) is 2. The maximum absolute atomic E-state index is 13.3. The number of rotatable bonds is 6. The molecule has 0 radical (unpaired) electrons. The largest absolute Gasteiger partial charge is 0.496 e. The molecular formula is C17H18F2N2O4S. The highest BCUT2D eigenvalue weighted by Gasteiger charge is 2.21. The molecule has 26 heavy (non-hydrogen) atoms. The zero-order valence-corrected chi connectivity index (χ0v) is 15.2. The van der Waals surface area contributed by atoms with Gasteiger partial charge in [-0.3, -0.25) is 9.52 Å². The van der Waals surface area contributed by atoms with Gasteiger partial charge in [-0.05, 0) is 44.2 Å². The molecule has 0 heterocycles. The second-order valence-corrected chi connectivity index (χ2v) is 7.41. The zero-order valence-electron chi connectivity index (χ0n) is 14.3. The highest BCUT2D eigenvalue weighted by atomic mass is 32.2. The molecular weight excluding hydrogens is 366 g/mol. The second-order valence-electron chi connectivity index (χ2n) is 5.72. The summed E-state index contributed by atoms with van der Waals surface area (Å²) in [6.07, 6.45) is 0. The Labute approximate surface area is 150 Å². The molecule has 2 N–H and O–H groups in total. The molecule has 0 aliphatic heterocycles. The molecule has 9 heteroatoms. The monoisotopic (exact) mass is 384 g/mol. The van der Waals surface area contributed by atoms with E-state index in [2.05, 4.69) is 10.0 Å². The van der Waals surface area contributed by atoms with Crippen LogP contribution < -0.4 is 14.8 Å². The topological polar surface area (TPSA) is 84.5 Å². The fraction of sp³-hybridized carbons (Fsp3) is 0.235. The van der Waals surface area contributed by atoms with Gasteiger partial charge < -0.3 is 10.1 Å². The number of benzene rings is 2. The third-order valence-electron chi connectivity index (χ3n) is 3.32. The number of carbonyl (C=O) groups excluding carboxylic acids is 1. The van der Waals surface area contributed by atoms with Crippen LogP contribution in [0.3, 0.4) is 0 Å². The SMILES string of the molecule is COc1ccc(S(=O)(=O)Nc2ccc(F)c(F)c2)cc1C(=O)NC(C)C. The summed E-state index contributed by atoms with van der Waals surface area (Å²) in [6.45, 7) is 3.52. The predicted molar refractivity (Wildman–Crippen MR) is 92.8 cm³/mol. The van der Waals surface area contributed by atoms with E-state index in [1.165, 1.54) is 19.2 Å². The number of anilines is 1. The molecule has 2 aromatic rings. The first kappa shape index (κ1) is 19.6. The van der Waals surface area contributed by atoms with Crippen molar-refractivity contribution in [3.8, 4) is 5.75 Å². The Morgan fingerprint density at radius 2 is 1.77 bits per heavy atom. The summed E-state index contributed by atoms with van der Waals surface area (Å²) in [5.74, 6) is -2.57. The van der Waals surface area contributed by atoms with Gasteiger partial charge in [-0.2, -0.15) is 0 Å². The molecule has 0 aliphatic rings. The minimum Gasteiger partial charge on any atom is -0.496 e. The molecule has 0 spiro atoms. The van der Waals surface area contributed by atoms with Crippen LogP contribution in [-0.4, -0.2) is 27.5 Å². The first-order valence-corrected chi connectivity index (χ1v) is 9.09. The highest BCUT2D eigenvalue weighted by molar-refractivity contribution is 7.92. The van der Waals surface area contributed by atoms with Gasteiger partial charge in [0.2, 0.25) is 0 Å². The van der Waals surface area contributed by atoms with Crippen molar-refractivity contribution in [3.05, 3.63) is 53.6 Å². The number of halogens is 2. The lowest BCUT2D eigenvalue weighted by atomic mass is 10.2. The number of nitrogens with one attached hydrogen (secondary N) is 2. The fourth-order valence-corrected chi connectivity index (χ4v) is 3.22. The van der Waals surface area contributed by atoms with Gasteiger partial charge in [-0.15, -0.1) is 0 Å². The van der Waals surface area contributed by atoms with E-state index in [4.69, 9.17) is 4.74 Å². The van der Waals surface area contributed by atoms with Crippen LogP contribution >= 0.6 is 0 Å². The van der Waals surface area contributed by atoms with E-state index in [-0.39, 0.29) is 27.9 Å². The molecule has 0 aliphatic carbocycles. The summed E-state index contributed by atoms with van der Waals surface area (Å²) in [5, 5.41) is 2.65. The third kappa shape index (κ3) is 4.48. The smallest absolute Gasteiger partial charge is 0.261 e. The van der Waals surface area contributed by atoms with Crippen LogP contribution in [0.25, 0.3) is 0 Å². The third-order valence-corrected chi connectivity index (χ3v) is 4.70. The van der Waals surface area contributed by atoms with E-state index >= 15 is 0 Å². The van der Waals surface area contributed by atoms with Crippen molar-refractivity contribution in [2.45, 2.75) is 24.8 Å². The Bertz CT molecular complexity index is 930. The Morgan fingerprint density at radius 3 is 2.35 bits per heavy atom. The summed E-state index contributed by atoms with van der Waals surface area (Å²) in [7, 11) is -2.77. The van der Waals surface area contributed by atoms with Crippen molar-refractivity contribution >= 4 is 21.6 Å². The Kier molecular flexibility index (Phi) is 5.81. The standard InChI is InChI=1S/C17H18F2N2O4S/c1-10(2)20-17(22)13-9-12(5-7-16(13)25-3)26(23,24)21-11-4-6-14(18)15(19)8-11/h4-10,21H,1-3H3,(H,20,22). The van der Waals surface area contributed by atoms with Crippen LogP contribution in [0.2, 0.25) is 0 Å². The first-order chi connectivity index (χ1) is 12.1. The number of hydrogen-bond acceptors (Lipinski definition) is 4. The van der Waals surface area contributed by atoms with Gasteiger partial charge in [-0.25, -0.2) is 17.2 Å². The second kappa shape index (κ2) is 7.69. The van der Waals surface area contributed by atoms with Gasteiger partial charge in [0.25, 0.3) is 15.9 Å². The van der Waals surface area contributed by atoms with Crippen LogP contribution in [0.1, 0.15) is 24.2 Å². The summed E-state index contributed by atoms with van der Waals surface area (Å²) in [4.78, 5) is 12.0. The van der Waals surface area contributed by atoms with E-state index in [0.29, 0.717) is 0 Å². The van der Waals surface area contributed by atoms with Gasteiger partial charge in [0, 0.05) is 12.1 Å². The van der Waals surface area contributed by atoms with Crippen LogP contribution in [0.5, 0.6) is 5.75 Å². The van der Waals surface area contributed by atoms with Crippen LogP contribution in [0, 0.1) is 11.6 Å². The number of sulfonamides is 1. The molecule has 0 saturated heterocycles. The van der Waals surface area contributed by atoms with Crippen LogP contribution in [0.4, 0.5) is 14.5 Å². The van der Waals surface area contributed by atoms with Gasteiger partial charge in [0.1, 0.15) is 5.75 Å². The van der Waals surface area contributed by atoms with Crippen molar-refractivity contribution in [1.29, 1.82) is 0 Å². The highest BCUT2D eigenvalue weighted by Crippen LogP contribution is 2.24. The lowest BCUT2D eigenvalue weighted by Crippen LogP contribution is -2.30. The summed E-state index contributed by atoms with van der Waals surface area (Å²) < 4.78 is 58.5. The number of ether oxygens (including phenoxy) is 1. The fourth-order valence-electron chi connectivity index (χ4n) is 2.15. The minimum atomic E-state index is -4.13. The molecule has 0 fully saturated rings. The molecule has 0 aromatic heterocycles. The van der Waals surface area contributed by atoms with E-state index in [1.54, 1.807) is 13.8 Å². The lowest BCUT2D eigenvalue weighted by Gasteiger charge is -2.14. The van der Waals surface area contributed by atoms with E-state index < -0.39 is 27.6 Å². The Balaban J connectivity index is 2.39. The van der Waals surface area contributed by atoms with Crippen LogP contribution in [-0.2, 0) is 10.0 Å². The lowest BCUT2D eigenvalue weighted by molar-refractivity contribution is 0.0940. The first-order valence-electron chi connectivity index (χ1n) is 7.61. The molecule has 140 valence electrons. The minimum absolute atomic E-state index is 0.0364. The quantitative estimate of drug-likeness (QED) is 0.802. The van der Waals surface area contributed by atoms with Gasteiger partial charge in [0.15, 0.2) is 11.6 Å². The maximum atomic E-state index is 13.3. The zero-order chi connectivity index (χ0) is 19.5. The normalized spacial score (nSPS) is 11.3. The molecule has 2 rings (SSSR count). The van der Waals surface area contributed by atoms with E-state index in [0.717, 1.165) is 24.3 Å². The van der Waals surface area contributed by atoms with E-state index in [1.807, 2.05) is 0 Å². The Morgan fingerprint density at radius 1 is 1.08 bits per heavy atom. The molecule has 1 amide bonds. The summed E-state index contributed by atoms with van der Waals surface area (Å²) >= 11 is 0. The van der Waals surface area contributed by atoms with Gasteiger partial charge >= 0.3 is 0 Å². The van der Waals surface area contributed by atoms with Gasteiger partial charge in [-0.1, -0.05) is 0 Å². The molecule has 0 bridgehead atoms. The number of methoxy groups -OCH3 is 1. The molecule has 0 saturated carbocycles. The predicted octanol–water partition coefficient (Wildman–Crippen LogP) is 2.91. The van der Waals surface area contributed by atoms with Crippen molar-refractivity contribution < 1.29 is 26.7 Å². The average Bonchev–Trinajstić information content (AvgIpc) is 2.56. The summed E-state index contributed by atoms with van der Waals surface area (Å²) in [5.41, 5.74) is -0.109. The average molecular weight is 384 g/mol. The van der Waals surface area contributed by atoms with Crippen molar-refractivity contribution in [2.75, 3.05) is 11.8 Å². The maximum Gasteiger partial charge on any atom is 0.261 e. The van der Waals surface area contributed by atoms with Crippen molar-refractivity contribution in [2.24, 2.45) is 0 Å².